The molecule has 0 spiro atoms. The quantitative estimate of drug-likeness (QED) is 0.745. The molecule has 0 aromatic carbocycles. The second kappa shape index (κ2) is 7.58. The Bertz CT molecular complexity index is 532. The molecule has 0 aromatic rings. The highest BCUT2D eigenvalue weighted by Crippen LogP contribution is 2.20. The van der Waals surface area contributed by atoms with Crippen LogP contribution in [0, 0.1) is 5.92 Å². The third-order valence-electron chi connectivity index (χ3n) is 5.53. The Morgan fingerprint density at radius 2 is 1.25 bits per heavy atom. The first-order valence-corrected chi connectivity index (χ1v) is 10.7. The van der Waals surface area contributed by atoms with Crippen LogP contribution in [-0.4, -0.2) is 85.2 Å². The number of rotatable bonds is 2. The summed E-state index contributed by atoms with van der Waals surface area (Å²) in [5.41, 5.74) is 0. The first-order chi connectivity index (χ1) is 11.5. The topological polar surface area (TPSA) is 64.2 Å². The van der Waals surface area contributed by atoms with E-state index in [9.17, 15) is 13.2 Å². The lowest BCUT2D eigenvalue weighted by atomic mass is 9.99. The second-order valence-corrected chi connectivity index (χ2v) is 9.23. The van der Waals surface area contributed by atoms with Gasteiger partial charge in [-0.1, -0.05) is 13.3 Å². The predicted molar refractivity (Wildman–Crippen MR) is 92.9 cm³/mol. The van der Waals surface area contributed by atoms with Gasteiger partial charge in [0, 0.05) is 52.4 Å². The zero-order chi connectivity index (χ0) is 17.2. The van der Waals surface area contributed by atoms with Crippen molar-refractivity contribution in [1.29, 1.82) is 0 Å². The molecule has 3 aliphatic heterocycles. The van der Waals surface area contributed by atoms with Crippen LogP contribution in [-0.2, 0) is 10.2 Å². The van der Waals surface area contributed by atoms with E-state index in [1.165, 1.54) is 0 Å². The van der Waals surface area contributed by atoms with Crippen molar-refractivity contribution in [3.05, 3.63) is 0 Å². The molecule has 2 amide bonds. The summed E-state index contributed by atoms with van der Waals surface area (Å²) in [6.07, 6.45) is 5.14. The number of hydrogen-bond acceptors (Lipinski definition) is 3. The molecule has 0 atom stereocenters. The molecule has 3 aliphatic rings. The van der Waals surface area contributed by atoms with Gasteiger partial charge < -0.3 is 9.80 Å². The van der Waals surface area contributed by atoms with Gasteiger partial charge in [-0.2, -0.15) is 17.0 Å². The summed E-state index contributed by atoms with van der Waals surface area (Å²) in [7, 11) is -3.35. The Hall–Kier alpha value is -0.860. The van der Waals surface area contributed by atoms with E-state index >= 15 is 0 Å². The average molecular weight is 359 g/mol. The second-order valence-electron chi connectivity index (χ2n) is 7.31. The Balaban J connectivity index is 1.52. The number of nitrogens with zero attached hydrogens (tertiary/aromatic N) is 4. The van der Waals surface area contributed by atoms with Crippen molar-refractivity contribution < 1.29 is 13.2 Å². The highest BCUT2D eigenvalue weighted by atomic mass is 32.2. The molecule has 3 saturated heterocycles. The number of carbonyl (C=O) groups excluding carboxylic acids is 1. The van der Waals surface area contributed by atoms with Crippen LogP contribution in [0.15, 0.2) is 0 Å². The molecule has 8 heteroatoms. The Morgan fingerprint density at radius 1 is 0.750 bits per heavy atom. The average Bonchev–Trinajstić information content (AvgIpc) is 2.62. The van der Waals surface area contributed by atoms with E-state index in [0.29, 0.717) is 45.2 Å². The van der Waals surface area contributed by atoms with Gasteiger partial charge in [0.15, 0.2) is 0 Å². The molecule has 3 rings (SSSR count). The van der Waals surface area contributed by atoms with Gasteiger partial charge in [-0.05, 0) is 31.6 Å². The molecule has 3 heterocycles. The monoisotopic (exact) mass is 358 g/mol. The van der Waals surface area contributed by atoms with Gasteiger partial charge in [0.25, 0.3) is 10.2 Å². The molecule has 138 valence electrons. The van der Waals surface area contributed by atoms with Crippen molar-refractivity contribution in [2.45, 2.75) is 39.0 Å². The lowest BCUT2D eigenvalue weighted by Gasteiger charge is -2.40. The number of likely N-dealkylation sites (tertiary alicyclic amines) is 1. The molecule has 0 saturated carbocycles. The van der Waals surface area contributed by atoms with Crippen molar-refractivity contribution in [2.24, 2.45) is 5.92 Å². The number of urea groups is 1. The minimum Gasteiger partial charge on any atom is -0.325 e. The molecule has 0 N–H and O–H groups in total. The Morgan fingerprint density at radius 3 is 1.83 bits per heavy atom. The highest BCUT2D eigenvalue weighted by molar-refractivity contribution is 7.86. The maximum atomic E-state index is 12.7. The minimum atomic E-state index is -3.35. The van der Waals surface area contributed by atoms with Crippen LogP contribution >= 0.6 is 0 Å². The molecule has 0 aliphatic carbocycles. The van der Waals surface area contributed by atoms with Crippen molar-refractivity contribution in [1.82, 2.24) is 18.4 Å². The smallest absolute Gasteiger partial charge is 0.320 e. The first-order valence-electron chi connectivity index (χ1n) is 9.27. The standard InChI is InChI=1S/C16H30N4O3S/c1-15-5-9-17(10-6-15)16(21)18-11-13-20(14-12-18)24(22,23)19-7-3-2-4-8-19/h15H,2-14H2,1H3. The van der Waals surface area contributed by atoms with Gasteiger partial charge in [0.1, 0.15) is 0 Å². The molecule has 7 nitrogen and oxygen atoms in total. The lowest BCUT2D eigenvalue weighted by molar-refractivity contribution is 0.118. The number of hydrogen-bond donors (Lipinski definition) is 0. The van der Waals surface area contributed by atoms with Crippen molar-refractivity contribution in [3.63, 3.8) is 0 Å². The van der Waals surface area contributed by atoms with Gasteiger partial charge in [-0.25, -0.2) is 4.79 Å². The number of amides is 2. The van der Waals surface area contributed by atoms with E-state index in [1.807, 2.05) is 9.80 Å². The van der Waals surface area contributed by atoms with Crippen LogP contribution in [0.1, 0.15) is 39.0 Å². The van der Waals surface area contributed by atoms with Crippen molar-refractivity contribution in [2.75, 3.05) is 52.4 Å². The predicted octanol–water partition coefficient (Wildman–Crippen LogP) is 1.19. The van der Waals surface area contributed by atoms with Crippen LogP contribution in [0.2, 0.25) is 0 Å². The molecule has 0 bridgehead atoms. The SMILES string of the molecule is CC1CCN(C(=O)N2CCN(S(=O)(=O)N3CCCCC3)CC2)CC1. The minimum absolute atomic E-state index is 0.0805. The van der Waals surface area contributed by atoms with Crippen molar-refractivity contribution in [3.8, 4) is 0 Å². The number of piperazine rings is 1. The summed E-state index contributed by atoms with van der Waals surface area (Å²) in [5.74, 6) is 0.695. The fourth-order valence-corrected chi connectivity index (χ4v) is 5.44. The lowest BCUT2D eigenvalue weighted by Crippen LogP contribution is -2.57. The summed E-state index contributed by atoms with van der Waals surface area (Å²) in [6.45, 7) is 6.96. The van der Waals surface area contributed by atoms with Gasteiger partial charge in [0.05, 0.1) is 0 Å². The fourth-order valence-electron chi connectivity index (χ4n) is 3.77. The number of carbonyl (C=O) groups is 1. The normalized spacial score (nSPS) is 25.9. The first kappa shape index (κ1) is 17.9. The Labute approximate surface area is 145 Å². The van der Waals surface area contributed by atoms with E-state index in [2.05, 4.69) is 6.92 Å². The molecule has 3 fully saturated rings. The summed E-state index contributed by atoms with van der Waals surface area (Å²) in [6, 6.07) is 0.0805. The third kappa shape index (κ3) is 3.86. The van der Waals surface area contributed by atoms with Gasteiger partial charge >= 0.3 is 6.03 Å². The summed E-state index contributed by atoms with van der Waals surface area (Å²) >= 11 is 0. The largest absolute Gasteiger partial charge is 0.325 e. The van der Waals surface area contributed by atoms with Crippen LogP contribution in [0.25, 0.3) is 0 Å². The van der Waals surface area contributed by atoms with Crippen LogP contribution in [0.3, 0.4) is 0 Å². The maximum Gasteiger partial charge on any atom is 0.320 e. The van der Waals surface area contributed by atoms with E-state index < -0.39 is 10.2 Å². The van der Waals surface area contributed by atoms with Gasteiger partial charge in [0.2, 0.25) is 0 Å². The van der Waals surface area contributed by atoms with Crippen LogP contribution in [0.4, 0.5) is 4.79 Å². The van der Waals surface area contributed by atoms with Gasteiger partial charge in [-0.15, -0.1) is 0 Å². The molecular weight excluding hydrogens is 328 g/mol. The highest BCUT2D eigenvalue weighted by Gasteiger charge is 2.35. The summed E-state index contributed by atoms with van der Waals surface area (Å²) < 4.78 is 28.6. The zero-order valence-electron chi connectivity index (χ0n) is 14.7. The van der Waals surface area contributed by atoms with E-state index in [1.54, 1.807) is 8.61 Å². The molecule has 0 radical (unpaired) electrons. The van der Waals surface area contributed by atoms with E-state index in [-0.39, 0.29) is 6.03 Å². The summed E-state index contributed by atoms with van der Waals surface area (Å²) in [5, 5.41) is 0. The van der Waals surface area contributed by atoms with Crippen molar-refractivity contribution >= 4 is 16.2 Å². The maximum absolute atomic E-state index is 12.7. The van der Waals surface area contributed by atoms with Crippen LogP contribution < -0.4 is 0 Å². The molecule has 0 aromatic heterocycles. The molecular formula is C16H30N4O3S. The van der Waals surface area contributed by atoms with Gasteiger partial charge in [-0.3, -0.25) is 0 Å². The Kier molecular flexibility index (Phi) is 5.66. The third-order valence-corrected chi connectivity index (χ3v) is 7.57. The summed E-state index contributed by atoms with van der Waals surface area (Å²) in [4.78, 5) is 16.3. The molecule has 0 unspecified atom stereocenters. The number of piperidine rings is 2. The van der Waals surface area contributed by atoms with E-state index in [0.717, 1.165) is 45.2 Å². The zero-order valence-corrected chi connectivity index (χ0v) is 15.5. The van der Waals surface area contributed by atoms with E-state index in [4.69, 9.17) is 0 Å². The fraction of sp³-hybridized carbons (Fsp3) is 0.938. The van der Waals surface area contributed by atoms with Crippen LogP contribution in [0.5, 0.6) is 0 Å². The molecule has 24 heavy (non-hydrogen) atoms.